The summed E-state index contributed by atoms with van der Waals surface area (Å²) in [4.78, 5) is 13.6. The third-order valence-electron chi connectivity index (χ3n) is 2.47. The van der Waals surface area contributed by atoms with Crippen molar-refractivity contribution in [3.63, 3.8) is 0 Å². The van der Waals surface area contributed by atoms with Gasteiger partial charge in [-0.15, -0.1) is 11.6 Å². The van der Waals surface area contributed by atoms with Crippen LogP contribution in [0.1, 0.15) is 18.9 Å². The lowest BCUT2D eigenvalue weighted by Crippen LogP contribution is -2.21. The van der Waals surface area contributed by atoms with E-state index in [0.717, 1.165) is 12.3 Å². The number of nitro groups is 1. The normalized spacial score (nSPS) is 12.7. The first-order chi connectivity index (χ1) is 8.84. The number of alkyl halides is 1. The van der Waals surface area contributed by atoms with Gasteiger partial charge >= 0.3 is 5.69 Å². The van der Waals surface area contributed by atoms with E-state index in [1.54, 1.807) is 6.07 Å². The van der Waals surface area contributed by atoms with E-state index in [1.165, 1.54) is 6.92 Å². The van der Waals surface area contributed by atoms with Gasteiger partial charge in [-0.3, -0.25) is 10.1 Å². The van der Waals surface area contributed by atoms with Crippen LogP contribution in [0.25, 0.3) is 0 Å². The van der Waals surface area contributed by atoms with E-state index < -0.39 is 30.7 Å². The smallest absolute Gasteiger partial charge is 0.258 e. The number of sulfone groups is 1. The standard InChI is InChI=1S/C10H10ClN3O4S/c1-7(2-3-11)19(17,18)10-9(14(15)16)4-8(5-12)6-13-10/h4,6-7H,2-3H2,1H3. The van der Waals surface area contributed by atoms with Crippen LogP contribution in [0.4, 0.5) is 5.69 Å². The van der Waals surface area contributed by atoms with Crippen LogP contribution in [-0.4, -0.2) is 29.5 Å². The molecule has 0 aliphatic carbocycles. The largest absolute Gasteiger partial charge is 0.307 e. The van der Waals surface area contributed by atoms with E-state index in [-0.39, 0.29) is 17.9 Å². The first kappa shape index (κ1) is 15.3. The topological polar surface area (TPSA) is 114 Å². The quantitative estimate of drug-likeness (QED) is 0.464. The van der Waals surface area contributed by atoms with Crippen LogP contribution in [0.2, 0.25) is 0 Å². The molecule has 1 rings (SSSR count). The number of hydrogen-bond acceptors (Lipinski definition) is 6. The van der Waals surface area contributed by atoms with E-state index >= 15 is 0 Å². The summed E-state index contributed by atoms with van der Waals surface area (Å²) in [5.74, 6) is 0.116. The van der Waals surface area contributed by atoms with Crippen LogP contribution in [0.3, 0.4) is 0 Å². The summed E-state index contributed by atoms with van der Waals surface area (Å²) in [6, 6.07) is 2.57. The Morgan fingerprint density at radius 1 is 1.63 bits per heavy atom. The highest BCUT2D eigenvalue weighted by molar-refractivity contribution is 7.92. The first-order valence-electron chi connectivity index (χ1n) is 5.19. The molecule has 102 valence electrons. The third-order valence-corrected chi connectivity index (χ3v) is 4.84. The summed E-state index contributed by atoms with van der Waals surface area (Å²) < 4.78 is 24.3. The molecule has 0 spiro atoms. The molecule has 1 heterocycles. The number of aromatic nitrogens is 1. The average Bonchev–Trinajstić information content (AvgIpc) is 2.38. The van der Waals surface area contributed by atoms with Gasteiger partial charge in [-0.1, -0.05) is 0 Å². The lowest BCUT2D eigenvalue weighted by molar-refractivity contribution is -0.388. The highest BCUT2D eigenvalue weighted by Gasteiger charge is 2.32. The van der Waals surface area contributed by atoms with Crippen molar-refractivity contribution in [2.24, 2.45) is 0 Å². The fraction of sp³-hybridized carbons (Fsp3) is 0.400. The van der Waals surface area contributed by atoms with Crippen LogP contribution in [-0.2, 0) is 9.84 Å². The van der Waals surface area contributed by atoms with Gasteiger partial charge in [-0.2, -0.15) is 5.26 Å². The van der Waals surface area contributed by atoms with Gasteiger partial charge in [0.15, 0.2) is 0 Å². The molecule has 19 heavy (non-hydrogen) atoms. The van der Waals surface area contributed by atoms with Crippen LogP contribution in [0, 0.1) is 21.4 Å². The Bertz CT molecular complexity index is 639. The minimum Gasteiger partial charge on any atom is -0.258 e. The Morgan fingerprint density at radius 3 is 2.74 bits per heavy atom. The van der Waals surface area contributed by atoms with Crippen LogP contribution < -0.4 is 0 Å². The fourth-order valence-corrected chi connectivity index (χ4v) is 3.24. The Hall–Kier alpha value is -1.72. The van der Waals surface area contributed by atoms with E-state index in [2.05, 4.69) is 4.98 Å². The van der Waals surface area contributed by atoms with Crippen molar-refractivity contribution in [1.29, 1.82) is 5.26 Å². The van der Waals surface area contributed by atoms with Crippen molar-refractivity contribution < 1.29 is 13.3 Å². The number of rotatable bonds is 5. The lowest BCUT2D eigenvalue weighted by atomic mass is 10.3. The molecule has 1 unspecified atom stereocenters. The van der Waals surface area contributed by atoms with Crippen molar-refractivity contribution in [3.05, 3.63) is 27.9 Å². The molecule has 7 nitrogen and oxygen atoms in total. The van der Waals surface area contributed by atoms with Gasteiger partial charge in [-0.05, 0) is 13.3 Å². The van der Waals surface area contributed by atoms with Gasteiger partial charge in [0.25, 0.3) is 0 Å². The number of pyridine rings is 1. The number of nitriles is 1. The molecule has 0 amide bonds. The molecule has 0 radical (unpaired) electrons. The van der Waals surface area contributed by atoms with Crippen LogP contribution in [0.5, 0.6) is 0 Å². The maximum absolute atomic E-state index is 12.1. The average molecular weight is 304 g/mol. The second kappa shape index (κ2) is 5.95. The molecule has 0 saturated heterocycles. The second-order valence-electron chi connectivity index (χ2n) is 3.75. The summed E-state index contributed by atoms with van der Waals surface area (Å²) >= 11 is 5.48. The molecule has 0 bridgehead atoms. The summed E-state index contributed by atoms with van der Waals surface area (Å²) in [5.41, 5.74) is -0.767. The zero-order valence-corrected chi connectivity index (χ0v) is 11.5. The molecule has 0 N–H and O–H groups in total. The molecule has 0 fully saturated rings. The molecule has 9 heteroatoms. The van der Waals surface area contributed by atoms with Crippen molar-refractivity contribution in [1.82, 2.24) is 4.98 Å². The molecule has 1 atom stereocenters. The van der Waals surface area contributed by atoms with Gasteiger partial charge in [0.1, 0.15) is 6.07 Å². The van der Waals surface area contributed by atoms with E-state index in [1.807, 2.05) is 0 Å². The number of hydrogen-bond donors (Lipinski definition) is 0. The minimum absolute atomic E-state index is 0.0735. The SMILES string of the molecule is CC(CCCl)S(=O)(=O)c1ncc(C#N)cc1[N+](=O)[O-]. The Balaban J connectivity index is 3.43. The van der Waals surface area contributed by atoms with Crippen LogP contribution >= 0.6 is 11.6 Å². The number of halogens is 1. The van der Waals surface area contributed by atoms with E-state index in [0.29, 0.717) is 0 Å². The first-order valence-corrected chi connectivity index (χ1v) is 7.27. The van der Waals surface area contributed by atoms with Crippen molar-refractivity contribution in [2.75, 3.05) is 5.88 Å². The predicted molar refractivity (Wildman–Crippen MR) is 67.6 cm³/mol. The van der Waals surface area contributed by atoms with Crippen LogP contribution in [0.15, 0.2) is 17.3 Å². The van der Waals surface area contributed by atoms with E-state index in [4.69, 9.17) is 16.9 Å². The predicted octanol–water partition coefficient (Wildman–Crippen LogP) is 1.65. The molecular formula is C10H10ClN3O4S. The Morgan fingerprint density at radius 2 is 2.26 bits per heavy atom. The molecule has 0 aliphatic heterocycles. The summed E-state index contributed by atoms with van der Waals surface area (Å²) in [6.45, 7) is 1.40. The zero-order valence-electron chi connectivity index (χ0n) is 9.91. The minimum atomic E-state index is -3.95. The van der Waals surface area contributed by atoms with Gasteiger partial charge in [-0.25, -0.2) is 13.4 Å². The van der Waals surface area contributed by atoms with Gasteiger partial charge < -0.3 is 0 Å². The monoisotopic (exact) mass is 303 g/mol. The number of nitrogens with zero attached hydrogens (tertiary/aromatic N) is 3. The maximum Gasteiger partial charge on any atom is 0.307 e. The molecule has 0 saturated carbocycles. The van der Waals surface area contributed by atoms with E-state index in [9.17, 15) is 18.5 Å². The van der Waals surface area contributed by atoms with Gasteiger partial charge in [0.2, 0.25) is 14.9 Å². The van der Waals surface area contributed by atoms with Crippen molar-refractivity contribution >= 4 is 27.1 Å². The maximum atomic E-state index is 12.1. The highest BCUT2D eigenvalue weighted by Crippen LogP contribution is 2.26. The molecule has 0 aliphatic rings. The Labute approximate surface area is 114 Å². The zero-order chi connectivity index (χ0) is 14.6. The van der Waals surface area contributed by atoms with Gasteiger partial charge in [0, 0.05) is 18.1 Å². The molecule has 1 aromatic heterocycles. The summed E-state index contributed by atoms with van der Waals surface area (Å²) in [6.07, 6.45) is 1.15. The van der Waals surface area contributed by atoms with Crippen molar-refractivity contribution in [2.45, 2.75) is 23.6 Å². The molecule has 1 aromatic rings. The third kappa shape index (κ3) is 3.19. The molecule has 0 aromatic carbocycles. The van der Waals surface area contributed by atoms with Gasteiger partial charge in [0.05, 0.1) is 15.7 Å². The van der Waals surface area contributed by atoms with Crippen molar-refractivity contribution in [3.8, 4) is 6.07 Å². The summed E-state index contributed by atoms with van der Waals surface area (Å²) in [5, 5.41) is 18.0. The molecular weight excluding hydrogens is 294 g/mol. The fourth-order valence-electron chi connectivity index (χ4n) is 1.35. The lowest BCUT2D eigenvalue weighted by Gasteiger charge is -2.10. The summed E-state index contributed by atoms with van der Waals surface area (Å²) in [7, 11) is -3.95. The highest BCUT2D eigenvalue weighted by atomic mass is 35.5. The second-order valence-corrected chi connectivity index (χ2v) is 6.41. The Kier molecular flexibility index (Phi) is 4.80.